The molecule has 0 radical (unpaired) electrons. The second-order valence-electron chi connectivity index (χ2n) is 6.31. The number of ketones is 1. The maximum atomic E-state index is 13.0. The van der Waals surface area contributed by atoms with Gasteiger partial charge in [0.25, 0.3) is 0 Å². The van der Waals surface area contributed by atoms with Crippen molar-refractivity contribution in [3.63, 3.8) is 0 Å². The zero-order valence-corrected chi connectivity index (χ0v) is 13.9. The molecule has 0 aliphatic carbocycles. The van der Waals surface area contributed by atoms with E-state index in [0.29, 0.717) is 0 Å². The van der Waals surface area contributed by atoms with Crippen LogP contribution in [0, 0.1) is 6.92 Å². The zero-order valence-electron chi connectivity index (χ0n) is 13.9. The molecule has 5 heteroatoms. The number of rotatable bonds is 5. The molecule has 1 atom stereocenters. The lowest BCUT2D eigenvalue weighted by molar-refractivity contribution is 0.0664. The van der Waals surface area contributed by atoms with Gasteiger partial charge in [-0.25, -0.2) is 0 Å². The van der Waals surface area contributed by atoms with Crippen LogP contribution in [0.1, 0.15) is 23.0 Å². The number of para-hydroxylation sites is 1. The Labute approximate surface area is 136 Å². The molecule has 0 bridgehead atoms. The van der Waals surface area contributed by atoms with Gasteiger partial charge in [-0.3, -0.25) is 14.6 Å². The third-order valence-electron chi connectivity index (χ3n) is 4.89. The van der Waals surface area contributed by atoms with Crippen molar-refractivity contribution in [1.82, 2.24) is 14.8 Å². The molecule has 1 aliphatic rings. The summed E-state index contributed by atoms with van der Waals surface area (Å²) >= 11 is 0. The van der Waals surface area contributed by atoms with Gasteiger partial charge in [0.1, 0.15) is 0 Å². The minimum Gasteiger partial charge on any atom is -0.395 e. The summed E-state index contributed by atoms with van der Waals surface area (Å²) in [6, 6.07) is 7.86. The number of aromatic nitrogens is 1. The van der Waals surface area contributed by atoms with Crippen LogP contribution in [0.25, 0.3) is 10.9 Å². The number of benzene rings is 1. The normalized spacial score (nSPS) is 18.4. The average molecular weight is 315 g/mol. The number of aromatic amines is 1. The smallest absolute Gasteiger partial charge is 0.182 e. The van der Waals surface area contributed by atoms with Crippen molar-refractivity contribution in [2.24, 2.45) is 0 Å². The molecular weight excluding hydrogens is 290 g/mol. The largest absolute Gasteiger partial charge is 0.395 e. The van der Waals surface area contributed by atoms with Crippen molar-refractivity contribution in [1.29, 1.82) is 0 Å². The standard InChI is InChI=1S/C18H25N3O2/c1-13-17(15-5-3-4-6-16(15)19-13)18(23)14(2)21-9-7-20(8-10-21)11-12-22/h3-6,14,19,22H,7-12H2,1-2H3/t14-/m1/s1. The van der Waals surface area contributed by atoms with Crippen LogP contribution in [0.15, 0.2) is 24.3 Å². The van der Waals surface area contributed by atoms with Gasteiger partial charge in [-0.15, -0.1) is 0 Å². The Morgan fingerprint density at radius 1 is 1.26 bits per heavy atom. The fourth-order valence-electron chi connectivity index (χ4n) is 3.48. The van der Waals surface area contributed by atoms with E-state index in [1.165, 1.54) is 0 Å². The van der Waals surface area contributed by atoms with Gasteiger partial charge in [0.15, 0.2) is 5.78 Å². The van der Waals surface area contributed by atoms with Gasteiger partial charge in [-0.2, -0.15) is 0 Å². The maximum absolute atomic E-state index is 13.0. The molecule has 124 valence electrons. The van der Waals surface area contributed by atoms with E-state index in [9.17, 15) is 4.79 Å². The molecule has 1 aliphatic heterocycles. The summed E-state index contributed by atoms with van der Waals surface area (Å²) in [6.45, 7) is 8.45. The van der Waals surface area contributed by atoms with Gasteiger partial charge in [0.05, 0.1) is 12.6 Å². The Hall–Kier alpha value is -1.69. The van der Waals surface area contributed by atoms with Crippen LogP contribution in [-0.2, 0) is 0 Å². The molecule has 1 aromatic heterocycles. The summed E-state index contributed by atoms with van der Waals surface area (Å²) in [5, 5.41) is 10.0. The summed E-state index contributed by atoms with van der Waals surface area (Å²) in [4.78, 5) is 20.8. The monoisotopic (exact) mass is 315 g/mol. The summed E-state index contributed by atoms with van der Waals surface area (Å²) in [5.41, 5.74) is 2.79. The van der Waals surface area contributed by atoms with Crippen LogP contribution in [0.5, 0.6) is 0 Å². The summed E-state index contributed by atoms with van der Waals surface area (Å²) in [7, 11) is 0. The Morgan fingerprint density at radius 3 is 2.65 bits per heavy atom. The van der Waals surface area contributed by atoms with Gasteiger partial charge < -0.3 is 10.1 Å². The van der Waals surface area contributed by atoms with Crippen LogP contribution in [0.2, 0.25) is 0 Å². The highest BCUT2D eigenvalue weighted by Gasteiger charge is 2.28. The second-order valence-corrected chi connectivity index (χ2v) is 6.31. The summed E-state index contributed by atoms with van der Waals surface area (Å²) in [6.07, 6.45) is 0. The Kier molecular flexibility index (Phi) is 4.80. The minimum atomic E-state index is -0.121. The molecule has 1 aromatic carbocycles. The van der Waals surface area contributed by atoms with Gasteiger partial charge in [-0.05, 0) is 19.9 Å². The fourth-order valence-corrected chi connectivity index (χ4v) is 3.48. The first-order chi connectivity index (χ1) is 11.1. The van der Waals surface area contributed by atoms with Gasteiger partial charge >= 0.3 is 0 Å². The molecule has 5 nitrogen and oxygen atoms in total. The van der Waals surface area contributed by atoms with E-state index >= 15 is 0 Å². The Bertz CT molecular complexity index is 687. The number of hydrogen-bond donors (Lipinski definition) is 2. The molecular formula is C18H25N3O2. The number of nitrogens with one attached hydrogen (secondary N) is 1. The molecule has 3 rings (SSSR count). The number of nitrogens with zero attached hydrogens (tertiary/aromatic N) is 2. The molecule has 0 saturated carbocycles. The molecule has 2 aromatic rings. The van der Waals surface area contributed by atoms with E-state index in [4.69, 9.17) is 5.11 Å². The first kappa shape index (κ1) is 16.2. The number of fused-ring (bicyclic) bond motifs is 1. The van der Waals surface area contributed by atoms with Crippen molar-refractivity contribution in [2.75, 3.05) is 39.3 Å². The quantitative estimate of drug-likeness (QED) is 0.824. The number of aliphatic hydroxyl groups is 1. The number of carbonyl (C=O) groups is 1. The van der Waals surface area contributed by atoms with Crippen molar-refractivity contribution in [3.05, 3.63) is 35.5 Å². The molecule has 2 N–H and O–H groups in total. The number of aliphatic hydroxyl groups excluding tert-OH is 1. The van der Waals surface area contributed by atoms with E-state index in [2.05, 4.69) is 14.8 Å². The van der Waals surface area contributed by atoms with Crippen LogP contribution >= 0.6 is 0 Å². The summed E-state index contributed by atoms with van der Waals surface area (Å²) in [5.74, 6) is 0.190. The number of carbonyl (C=O) groups excluding carboxylic acids is 1. The third kappa shape index (κ3) is 3.17. The third-order valence-corrected chi connectivity index (χ3v) is 4.89. The first-order valence-corrected chi connectivity index (χ1v) is 8.30. The Balaban J connectivity index is 1.76. The van der Waals surface area contributed by atoms with Crippen molar-refractivity contribution >= 4 is 16.7 Å². The van der Waals surface area contributed by atoms with Gasteiger partial charge in [-0.1, -0.05) is 18.2 Å². The highest BCUT2D eigenvalue weighted by molar-refractivity contribution is 6.11. The van der Waals surface area contributed by atoms with Crippen LogP contribution in [-0.4, -0.2) is 71.0 Å². The average Bonchev–Trinajstić information content (AvgIpc) is 2.90. The molecule has 0 unspecified atom stereocenters. The molecule has 2 heterocycles. The minimum absolute atomic E-state index is 0.121. The van der Waals surface area contributed by atoms with E-state index in [-0.39, 0.29) is 18.4 Å². The fraction of sp³-hybridized carbons (Fsp3) is 0.500. The summed E-state index contributed by atoms with van der Waals surface area (Å²) < 4.78 is 0. The van der Waals surface area contributed by atoms with E-state index in [1.54, 1.807) is 0 Å². The highest BCUT2D eigenvalue weighted by atomic mass is 16.3. The zero-order chi connectivity index (χ0) is 16.4. The second kappa shape index (κ2) is 6.83. The number of β-amino-alcohol motifs (C(OH)–C–C–N with tert-alkyl or cyclic N) is 1. The molecule has 1 fully saturated rings. The predicted octanol–water partition coefficient (Wildman–Crippen LogP) is 1.66. The lowest BCUT2D eigenvalue weighted by Gasteiger charge is -2.37. The van der Waals surface area contributed by atoms with Crippen molar-refractivity contribution in [3.8, 4) is 0 Å². The van der Waals surface area contributed by atoms with E-state index < -0.39 is 0 Å². The van der Waals surface area contributed by atoms with Gasteiger partial charge in [0.2, 0.25) is 0 Å². The number of Topliss-reactive ketones (excluding diaryl/α,β-unsaturated/α-hetero) is 1. The van der Waals surface area contributed by atoms with Crippen LogP contribution < -0.4 is 0 Å². The molecule has 1 saturated heterocycles. The van der Waals surface area contributed by atoms with Crippen LogP contribution in [0.4, 0.5) is 0 Å². The maximum Gasteiger partial charge on any atom is 0.182 e. The topological polar surface area (TPSA) is 59.6 Å². The van der Waals surface area contributed by atoms with Crippen molar-refractivity contribution < 1.29 is 9.90 Å². The molecule has 0 amide bonds. The number of H-pyrrole nitrogens is 1. The lowest BCUT2D eigenvalue weighted by Crippen LogP contribution is -2.52. The SMILES string of the molecule is Cc1[nH]c2ccccc2c1C(=O)[C@@H](C)N1CCN(CCO)CC1. The first-order valence-electron chi connectivity index (χ1n) is 8.30. The van der Waals surface area contributed by atoms with E-state index in [0.717, 1.165) is 54.9 Å². The predicted molar refractivity (Wildman–Crippen MR) is 91.9 cm³/mol. The Morgan fingerprint density at radius 2 is 1.96 bits per heavy atom. The number of hydrogen-bond acceptors (Lipinski definition) is 4. The number of piperazine rings is 1. The lowest BCUT2D eigenvalue weighted by atomic mass is 10.0. The van der Waals surface area contributed by atoms with Crippen LogP contribution in [0.3, 0.4) is 0 Å². The van der Waals surface area contributed by atoms with Crippen molar-refractivity contribution in [2.45, 2.75) is 19.9 Å². The van der Waals surface area contributed by atoms with E-state index in [1.807, 2.05) is 38.1 Å². The van der Waals surface area contributed by atoms with Gasteiger partial charge in [0, 0.05) is 54.9 Å². The molecule has 23 heavy (non-hydrogen) atoms. The number of aryl methyl sites for hydroxylation is 1. The highest BCUT2D eigenvalue weighted by Crippen LogP contribution is 2.24. The molecule has 0 spiro atoms.